The van der Waals surface area contributed by atoms with Gasteiger partial charge in [0, 0.05) is 19.0 Å². The van der Waals surface area contributed by atoms with Gasteiger partial charge in [0.2, 0.25) is 0 Å². The number of nitrogens with zero attached hydrogens (tertiary/aromatic N) is 3. The zero-order valence-electron chi connectivity index (χ0n) is 16.7. The second kappa shape index (κ2) is 9.14. The Kier molecular flexibility index (Phi) is 6.56. The standard InChI is InChI=1S/C21H18F4N4O2/c1-12-28-18-7-14(10-26)19(31-4-3-30-2)9-17(18)20(29-12)27-11-13-5-15(21(23,24)25)8-16(22)6-13/h5-9H,3-4,11H2,1-2H3,(H,27,28,29). The predicted molar refractivity (Wildman–Crippen MR) is 105 cm³/mol. The molecule has 0 bridgehead atoms. The van der Waals surface area contributed by atoms with E-state index in [1.54, 1.807) is 19.1 Å². The number of rotatable bonds is 7. The van der Waals surface area contributed by atoms with Crippen LogP contribution in [0.1, 0.15) is 22.5 Å². The topological polar surface area (TPSA) is 80.1 Å². The summed E-state index contributed by atoms with van der Waals surface area (Å²) in [5.41, 5.74) is -0.240. The number of hydrogen-bond acceptors (Lipinski definition) is 6. The number of aromatic nitrogens is 2. The van der Waals surface area contributed by atoms with Gasteiger partial charge >= 0.3 is 6.18 Å². The summed E-state index contributed by atoms with van der Waals surface area (Å²) in [6, 6.07) is 7.51. The van der Waals surface area contributed by atoms with Crippen LogP contribution >= 0.6 is 0 Å². The zero-order valence-corrected chi connectivity index (χ0v) is 16.7. The molecule has 1 N–H and O–H groups in total. The van der Waals surface area contributed by atoms with Gasteiger partial charge < -0.3 is 14.8 Å². The number of methoxy groups -OCH3 is 1. The first-order chi connectivity index (χ1) is 14.7. The monoisotopic (exact) mass is 434 g/mol. The molecule has 0 radical (unpaired) electrons. The van der Waals surface area contributed by atoms with Crippen LogP contribution in [-0.4, -0.2) is 30.3 Å². The number of halogens is 4. The van der Waals surface area contributed by atoms with Gasteiger partial charge in [-0.3, -0.25) is 0 Å². The lowest BCUT2D eigenvalue weighted by molar-refractivity contribution is -0.137. The molecule has 2 aromatic carbocycles. The summed E-state index contributed by atoms with van der Waals surface area (Å²) in [6.07, 6.45) is -4.66. The van der Waals surface area contributed by atoms with Gasteiger partial charge in [-0.2, -0.15) is 18.4 Å². The lowest BCUT2D eigenvalue weighted by Gasteiger charge is -2.14. The normalized spacial score (nSPS) is 11.4. The maximum Gasteiger partial charge on any atom is 0.416 e. The molecule has 0 aliphatic heterocycles. The third-order valence-electron chi connectivity index (χ3n) is 4.32. The molecule has 0 aliphatic rings. The molecule has 1 aromatic heterocycles. The van der Waals surface area contributed by atoms with E-state index in [1.807, 2.05) is 6.07 Å². The van der Waals surface area contributed by atoms with Crippen LogP contribution in [0.25, 0.3) is 10.9 Å². The lowest BCUT2D eigenvalue weighted by Crippen LogP contribution is -2.09. The highest BCUT2D eigenvalue weighted by Gasteiger charge is 2.31. The lowest BCUT2D eigenvalue weighted by atomic mass is 10.1. The summed E-state index contributed by atoms with van der Waals surface area (Å²) in [6.45, 7) is 2.07. The number of nitrogens with one attached hydrogen (secondary N) is 1. The second-order valence-corrected chi connectivity index (χ2v) is 6.64. The van der Waals surface area contributed by atoms with Crippen molar-refractivity contribution in [1.29, 1.82) is 5.26 Å². The molecule has 1 heterocycles. The minimum Gasteiger partial charge on any atom is -0.490 e. The van der Waals surface area contributed by atoms with Crippen LogP contribution in [-0.2, 0) is 17.5 Å². The maximum absolute atomic E-state index is 13.7. The van der Waals surface area contributed by atoms with Crippen molar-refractivity contribution in [2.45, 2.75) is 19.6 Å². The molecule has 0 saturated carbocycles. The molecule has 0 aliphatic carbocycles. The Morgan fingerprint density at radius 1 is 1.10 bits per heavy atom. The molecule has 6 nitrogen and oxygen atoms in total. The van der Waals surface area contributed by atoms with Gasteiger partial charge in [0.15, 0.2) is 0 Å². The summed E-state index contributed by atoms with van der Waals surface area (Å²) in [5, 5.41) is 12.8. The van der Waals surface area contributed by atoms with E-state index in [0.29, 0.717) is 41.0 Å². The van der Waals surface area contributed by atoms with Crippen molar-refractivity contribution in [2.75, 3.05) is 25.6 Å². The predicted octanol–water partition coefficient (Wildman–Crippen LogP) is 4.61. The second-order valence-electron chi connectivity index (χ2n) is 6.64. The highest BCUT2D eigenvalue weighted by Crippen LogP contribution is 2.32. The Hall–Kier alpha value is -3.45. The highest BCUT2D eigenvalue weighted by atomic mass is 19.4. The summed E-state index contributed by atoms with van der Waals surface area (Å²) in [7, 11) is 1.52. The van der Waals surface area contributed by atoms with E-state index in [2.05, 4.69) is 15.3 Å². The fraction of sp³-hybridized carbons (Fsp3) is 0.286. The third kappa shape index (κ3) is 5.38. The molecule has 0 spiro atoms. The van der Waals surface area contributed by atoms with E-state index in [1.165, 1.54) is 7.11 Å². The molecule has 0 unspecified atom stereocenters. The Bertz CT molecular complexity index is 1140. The minimum absolute atomic E-state index is 0.0990. The van der Waals surface area contributed by atoms with E-state index < -0.39 is 17.6 Å². The SMILES string of the molecule is COCCOc1cc2c(NCc3cc(F)cc(C(F)(F)F)c3)nc(C)nc2cc1C#N. The molecular weight excluding hydrogens is 416 g/mol. The number of aryl methyl sites for hydroxylation is 1. The number of nitriles is 1. The quantitative estimate of drug-likeness (QED) is 0.432. The van der Waals surface area contributed by atoms with E-state index in [4.69, 9.17) is 9.47 Å². The number of alkyl halides is 3. The molecule has 0 saturated heterocycles. The van der Waals surface area contributed by atoms with Crippen LogP contribution in [0.4, 0.5) is 23.4 Å². The number of ether oxygens (including phenoxy) is 2. The van der Waals surface area contributed by atoms with Crippen molar-refractivity contribution in [3.63, 3.8) is 0 Å². The molecule has 3 aromatic rings. The summed E-state index contributed by atoms with van der Waals surface area (Å²) < 4.78 is 63.1. The Balaban J connectivity index is 1.96. The van der Waals surface area contributed by atoms with Gasteiger partial charge in [-0.1, -0.05) is 0 Å². The van der Waals surface area contributed by atoms with Crippen LogP contribution in [0, 0.1) is 24.1 Å². The van der Waals surface area contributed by atoms with E-state index in [9.17, 15) is 22.8 Å². The van der Waals surface area contributed by atoms with Crippen molar-refractivity contribution in [1.82, 2.24) is 9.97 Å². The number of fused-ring (bicyclic) bond motifs is 1. The number of hydrogen-bond donors (Lipinski definition) is 1. The molecule has 0 atom stereocenters. The maximum atomic E-state index is 13.7. The van der Waals surface area contributed by atoms with E-state index in [-0.39, 0.29) is 24.3 Å². The van der Waals surface area contributed by atoms with Gasteiger partial charge in [0.05, 0.1) is 23.3 Å². The summed E-state index contributed by atoms with van der Waals surface area (Å²) in [4.78, 5) is 8.61. The van der Waals surface area contributed by atoms with Crippen LogP contribution in [0.5, 0.6) is 5.75 Å². The van der Waals surface area contributed by atoms with Gasteiger partial charge in [0.1, 0.15) is 35.9 Å². The van der Waals surface area contributed by atoms with Gasteiger partial charge in [-0.15, -0.1) is 0 Å². The largest absolute Gasteiger partial charge is 0.490 e. The first-order valence-corrected chi connectivity index (χ1v) is 9.16. The Morgan fingerprint density at radius 2 is 1.87 bits per heavy atom. The zero-order chi connectivity index (χ0) is 22.6. The summed E-state index contributed by atoms with van der Waals surface area (Å²) >= 11 is 0. The molecular formula is C21H18F4N4O2. The molecule has 0 fully saturated rings. The fourth-order valence-corrected chi connectivity index (χ4v) is 2.95. The summed E-state index contributed by atoms with van der Waals surface area (Å²) in [5.74, 6) is 0.0269. The van der Waals surface area contributed by atoms with Gasteiger partial charge in [-0.25, -0.2) is 14.4 Å². The van der Waals surface area contributed by atoms with Crippen LogP contribution in [0.3, 0.4) is 0 Å². The Labute approximate surface area is 175 Å². The fourth-order valence-electron chi connectivity index (χ4n) is 2.95. The Morgan fingerprint density at radius 3 is 2.55 bits per heavy atom. The van der Waals surface area contributed by atoms with Gasteiger partial charge in [-0.05, 0) is 42.8 Å². The van der Waals surface area contributed by atoms with Crippen molar-refractivity contribution in [3.05, 3.63) is 58.7 Å². The van der Waals surface area contributed by atoms with Crippen molar-refractivity contribution >= 4 is 16.7 Å². The van der Waals surface area contributed by atoms with Crippen LogP contribution in [0.15, 0.2) is 30.3 Å². The molecule has 162 valence electrons. The van der Waals surface area contributed by atoms with Crippen molar-refractivity contribution in [3.8, 4) is 11.8 Å². The third-order valence-corrected chi connectivity index (χ3v) is 4.32. The van der Waals surface area contributed by atoms with Gasteiger partial charge in [0.25, 0.3) is 0 Å². The van der Waals surface area contributed by atoms with Crippen LogP contribution < -0.4 is 10.1 Å². The molecule has 0 amide bonds. The number of anilines is 1. The van der Waals surface area contributed by atoms with Crippen molar-refractivity contribution in [2.24, 2.45) is 0 Å². The van der Waals surface area contributed by atoms with Crippen molar-refractivity contribution < 1.29 is 27.0 Å². The number of benzene rings is 2. The van der Waals surface area contributed by atoms with Crippen LogP contribution in [0.2, 0.25) is 0 Å². The van der Waals surface area contributed by atoms with E-state index in [0.717, 1.165) is 12.1 Å². The average Bonchev–Trinajstić information content (AvgIpc) is 2.70. The first kappa shape index (κ1) is 22.2. The average molecular weight is 434 g/mol. The molecule has 3 rings (SSSR count). The first-order valence-electron chi connectivity index (χ1n) is 9.16. The molecule has 10 heteroatoms. The molecule has 31 heavy (non-hydrogen) atoms. The highest BCUT2D eigenvalue weighted by molar-refractivity contribution is 5.91. The minimum atomic E-state index is -4.66. The van der Waals surface area contributed by atoms with E-state index >= 15 is 0 Å². The smallest absolute Gasteiger partial charge is 0.416 e.